The lowest BCUT2D eigenvalue weighted by Crippen LogP contribution is -2.34. The normalized spacial score (nSPS) is 25.0. The van der Waals surface area contributed by atoms with E-state index in [4.69, 9.17) is 5.73 Å². The number of nitrogens with two attached hydrogens (primary N) is 1. The van der Waals surface area contributed by atoms with Crippen molar-refractivity contribution in [3.05, 3.63) is 0 Å². The first-order valence-electron chi connectivity index (χ1n) is 6.22. The van der Waals surface area contributed by atoms with Crippen LogP contribution in [0.1, 0.15) is 26.2 Å². The van der Waals surface area contributed by atoms with Crippen LogP contribution in [-0.2, 0) is 0 Å². The fourth-order valence-electron chi connectivity index (χ4n) is 2.40. The van der Waals surface area contributed by atoms with Crippen molar-refractivity contribution < 1.29 is 0 Å². The molecule has 3 heteroatoms. The Morgan fingerprint density at radius 2 is 2.27 bits per heavy atom. The van der Waals surface area contributed by atoms with Gasteiger partial charge in [0.1, 0.15) is 0 Å². The fourth-order valence-corrected chi connectivity index (χ4v) is 2.40. The lowest BCUT2D eigenvalue weighted by Gasteiger charge is -2.27. The first-order valence-corrected chi connectivity index (χ1v) is 6.22. The van der Waals surface area contributed by atoms with Crippen LogP contribution < -0.4 is 5.73 Å². The SMILES string of the molecule is CC(CCCN)N(C)CC1CCN(C)C1. The summed E-state index contributed by atoms with van der Waals surface area (Å²) >= 11 is 0. The molecule has 1 aliphatic heterocycles. The van der Waals surface area contributed by atoms with E-state index in [1.165, 1.54) is 32.5 Å². The maximum Gasteiger partial charge on any atom is 0.00644 e. The lowest BCUT2D eigenvalue weighted by atomic mass is 10.1. The highest BCUT2D eigenvalue weighted by molar-refractivity contribution is 4.77. The Hall–Kier alpha value is -0.120. The maximum atomic E-state index is 5.53. The van der Waals surface area contributed by atoms with Crippen LogP contribution in [0.15, 0.2) is 0 Å². The summed E-state index contributed by atoms with van der Waals surface area (Å²) < 4.78 is 0. The monoisotopic (exact) mass is 213 g/mol. The smallest absolute Gasteiger partial charge is 0.00644 e. The maximum absolute atomic E-state index is 5.53. The molecule has 1 fully saturated rings. The molecule has 1 heterocycles. The highest BCUT2D eigenvalue weighted by atomic mass is 15.2. The topological polar surface area (TPSA) is 32.5 Å². The van der Waals surface area contributed by atoms with E-state index in [-0.39, 0.29) is 0 Å². The van der Waals surface area contributed by atoms with Crippen molar-refractivity contribution >= 4 is 0 Å². The van der Waals surface area contributed by atoms with Crippen LogP contribution in [0.3, 0.4) is 0 Å². The van der Waals surface area contributed by atoms with Gasteiger partial charge in [0.25, 0.3) is 0 Å². The van der Waals surface area contributed by atoms with Crippen molar-refractivity contribution in [3.63, 3.8) is 0 Å². The third kappa shape index (κ3) is 4.49. The molecule has 0 saturated carbocycles. The molecule has 1 rings (SSSR count). The quantitative estimate of drug-likeness (QED) is 0.714. The van der Waals surface area contributed by atoms with E-state index >= 15 is 0 Å². The Balaban J connectivity index is 2.19. The highest BCUT2D eigenvalue weighted by Crippen LogP contribution is 2.16. The second-order valence-electron chi connectivity index (χ2n) is 5.14. The first kappa shape index (κ1) is 12.9. The second kappa shape index (κ2) is 6.46. The minimum Gasteiger partial charge on any atom is -0.330 e. The molecule has 0 spiro atoms. The number of likely N-dealkylation sites (tertiary alicyclic amines) is 1. The summed E-state index contributed by atoms with van der Waals surface area (Å²) in [6.45, 7) is 6.93. The van der Waals surface area contributed by atoms with Gasteiger partial charge in [-0.3, -0.25) is 0 Å². The second-order valence-corrected chi connectivity index (χ2v) is 5.14. The van der Waals surface area contributed by atoms with Crippen LogP contribution in [0.25, 0.3) is 0 Å². The summed E-state index contributed by atoms with van der Waals surface area (Å²) in [7, 11) is 4.47. The molecule has 0 aromatic rings. The number of hydrogen-bond acceptors (Lipinski definition) is 3. The molecular weight excluding hydrogens is 186 g/mol. The molecule has 0 aromatic heterocycles. The van der Waals surface area contributed by atoms with Gasteiger partial charge in [0.05, 0.1) is 0 Å². The molecule has 0 aliphatic carbocycles. The number of hydrogen-bond donors (Lipinski definition) is 1. The molecule has 0 amide bonds. The van der Waals surface area contributed by atoms with Crippen molar-refractivity contribution in [2.45, 2.75) is 32.2 Å². The van der Waals surface area contributed by atoms with E-state index in [9.17, 15) is 0 Å². The van der Waals surface area contributed by atoms with Crippen molar-refractivity contribution in [2.24, 2.45) is 11.7 Å². The molecule has 0 bridgehead atoms. The van der Waals surface area contributed by atoms with E-state index in [2.05, 4.69) is 30.8 Å². The van der Waals surface area contributed by atoms with E-state index in [0.29, 0.717) is 6.04 Å². The van der Waals surface area contributed by atoms with Crippen molar-refractivity contribution in [2.75, 3.05) is 40.3 Å². The van der Waals surface area contributed by atoms with Gasteiger partial charge in [0.2, 0.25) is 0 Å². The predicted molar refractivity (Wildman–Crippen MR) is 66.0 cm³/mol. The Morgan fingerprint density at radius 1 is 1.53 bits per heavy atom. The average Bonchev–Trinajstić information content (AvgIpc) is 2.60. The van der Waals surface area contributed by atoms with Gasteiger partial charge in [-0.2, -0.15) is 0 Å². The Morgan fingerprint density at radius 3 is 2.80 bits per heavy atom. The van der Waals surface area contributed by atoms with Gasteiger partial charge in [-0.15, -0.1) is 0 Å². The molecule has 2 atom stereocenters. The Bertz CT molecular complexity index is 172. The van der Waals surface area contributed by atoms with Gasteiger partial charge in [-0.1, -0.05) is 0 Å². The fraction of sp³-hybridized carbons (Fsp3) is 1.00. The molecule has 2 unspecified atom stereocenters. The van der Waals surface area contributed by atoms with Gasteiger partial charge in [0.15, 0.2) is 0 Å². The molecule has 90 valence electrons. The predicted octanol–water partition coefficient (Wildman–Crippen LogP) is 0.997. The van der Waals surface area contributed by atoms with Gasteiger partial charge < -0.3 is 15.5 Å². The molecule has 1 aliphatic rings. The zero-order valence-electron chi connectivity index (χ0n) is 10.6. The summed E-state index contributed by atoms with van der Waals surface area (Å²) in [6, 6.07) is 0.680. The van der Waals surface area contributed by atoms with E-state index in [0.717, 1.165) is 18.9 Å². The van der Waals surface area contributed by atoms with Gasteiger partial charge >= 0.3 is 0 Å². The third-order valence-electron chi connectivity index (χ3n) is 3.61. The van der Waals surface area contributed by atoms with E-state index in [1.807, 2.05) is 0 Å². The van der Waals surface area contributed by atoms with E-state index < -0.39 is 0 Å². The van der Waals surface area contributed by atoms with Gasteiger partial charge in [-0.05, 0) is 59.3 Å². The van der Waals surface area contributed by atoms with Gasteiger partial charge in [-0.25, -0.2) is 0 Å². The number of rotatable bonds is 6. The highest BCUT2D eigenvalue weighted by Gasteiger charge is 2.22. The zero-order chi connectivity index (χ0) is 11.3. The van der Waals surface area contributed by atoms with Crippen molar-refractivity contribution in [3.8, 4) is 0 Å². The Kier molecular flexibility index (Phi) is 5.58. The van der Waals surface area contributed by atoms with Gasteiger partial charge in [0, 0.05) is 19.1 Å². The van der Waals surface area contributed by atoms with Crippen molar-refractivity contribution in [1.29, 1.82) is 0 Å². The van der Waals surface area contributed by atoms with Crippen LogP contribution >= 0.6 is 0 Å². The molecule has 2 N–H and O–H groups in total. The summed E-state index contributed by atoms with van der Waals surface area (Å²) in [4.78, 5) is 4.93. The van der Waals surface area contributed by atoms with Crippen LogP contribution in [0, 0.1) is 5.92 Å². The standard InChI is InChI=1S/C12H27N3/c1-11(5-4-7-13)15(3)10-12-6-8-14(2)9-12/h11-12H,4-10,13H2,1-3H3. The molecular formula is C12H27N3. The minimum absolute atomic E-state index is 0.680. The third-order valence-corrected chi connectivity index (χ3v) is 3.61. The summed E-state index contributed by atoms with van der Waals surface area (Å²) in [5.41, 5.74) is 5.53. The summed E-state index contributed by atoms with van der Waals surface area (Å²) in [5, 5.41) is 0. The van der Waals surface area contributed by atoms with Crippen LogP contribution in [0.5, 0.6) is 0 Å². The largest absolute Gasteiger partial charge is 0.330 e. The average molecular weight is 213 g/mol. The minimum atomic E-state index is 0.680. The molecule has 0 radical (unpaired) electrons. The van der Waals surface area contributed by atoms with E-state index in [1.54, 1.807) is 0 Å². The molecule has 3 nitrogen and oxygen atoms in total. The Labute approximate surface area is 94.6 Å². The molecule has 15 heavy (non-hydrogen) atoms. The van der Waals surface area contributed by atoms with Crippen LogP contribution in [0.2, 0.25) is 0 Å². The summed E-state index contributed by atoms with van der Waals surface area (Å²) in [5.74, 6) is 0.875. The zero-order valence-corrected chi connectivity index (χ0v) is 10.6. The molecule has 0 aromatic carbocycles. The lowest BCUT2D eigenvalue weighted by molar-refractivity contribution is 0.208. The van der Waals surface area contributed by atoms with Crippen molar-refractivity contribution in [1.82, 2.24) is 9.80 Å². The van der Waals surface area contributed by atoms with Crippen LogP contribution in [-0.4, -0.2) is 56.1 Å². The number of nitrogens with zero attached hydrogens (tertiary/aromatic N) is 2. The first-order chi connectivity index (χ1) is 7.13. The van der Waals surface area contributed by atoms with Crippen LogP contribution in [0.4, 0.5) is 0 Å². The molecule has 1 saturated heterocycles. The summed E-state index contributed by atoms with van der Waals surface area (Å²) in [6.07, 6.45) is 3.75.